The van der Waals surface area contributed by atoms with Crippen molar-refractivity contribution in [2.24, 2.45) is 11.8 Å². The third kappa shape index (κ3) is 8.72. The summed E-state index contributed by atoms with van der Waals surface area (Å²) in [7, 11) is 0. The first-order valence-corrected chi connectivity index (χ1v) is 4.29. The van der Waals surface area contributed by atoms with E-state index in [1.54, 1.807) is 0 Å². The SMILES string of the molecule is [CH2]C(C(=O)O)C(CCCC)C(=O)O.[NaH].[NaH]. The Labute approximate surface area is 134 Å². The average molecular weight is 235 g/mol. The van der Waals surface area contributed by atoms with Crippen LogP contribution in [0, 0.1) is 18.8 Å². The van der Waals surface area contributed by atoms with Crippen molar-refractivity contribution in [1.82, 2.24) is 0 Å². The molecule has 2 N–H and O–H groups in total. The van der Waals surface area contributed by atoms with Crippen molar-refractivity contribution in [3.63, 3.8) is 0 Å². The number of aliphatic carboxylic acids is 2. The summed E-state index contributed by atoms with van der Waals surface area (Å²) in [4.78, 5) is 21.1. The van der Waals surface area contributed by atoms with Crippen molar-refractivity contribution in [1.29, 1.82) is 0 Å². The maximum atomic E-state index is 10.6. The van der Waals surface area contributed by atoms with Crippen LogP contribution in [0.4, 0.5) is 0 Å². The second kappa shape index (κ2) is 11.4. The van der Waals surface area contributed by atoms with Crippen LogP contribution in [0.15, 0.2) is 0 Å². The van der Waals surface area contributed by atoms with Gasteiger partial charge in [-0.15, -0.1) is 0 Å². The van der Waals surface area contributed by atoms with Gasteiger partial charge in [-0.25, -0.2) is 0 Å². The molecule has 0 saturated heterocycles. The third-order valence-corrected chi connectivity index (χ3v) is 1.99. The second-order valence-corrected chi connectivity index (χ2v) is 3.03. The Morgan fingerprint density at radius 2 is 1.67 bits per heavy atom. The van der Waals surface area contributed by atoms with Crippen LogP contribution in [0.1, 0.15) is 26.2 Å². The van der Waals surface area contributed by atoms with Gasteiger partial charge in [-0.2, -0.15) is 0 Å². The molecule has 0 fully saturated rings. The molecular formula is C9H17Na2O4. The van der Waals surface area contributed by atoms with E-state index in [2.05, 4.69) is 6.92 Å². The van der Waals surface area contributed by atoms with Gasteiger partial charge in [0.15, 0.2) is 0 Å². The molecule has 0 aromatic carbocycles. The van der Waals surface area contributed by atoms with Crippen molar-refractivity contribution < 1.29 is 19.8 Å². The Balaban J connectivity index is -0.000000720. The van der Waals surface area contributed by atoms with Gasteiger partial charge in [0.05, 0.1) is 11.8 Å². The van der Waals surface area contributed by atoms with Crippen LogP contribution in [0.3, 0.4) is 0 Å². The summed E-state index contributed by atoms with van der Waals surface area (Å²) in [5.41, 5.74) is 0. The normalized spacial score (nSPS) is 12.9. The summed E-state index contributed by atoms with van der Waals surface area (Å²) in [5.74, 6) is -4.14. The number of carboxylic acid groups (broad SMARTS) is 2. The van der Waals surface area contributed by atoms with Gasteiger partial charge in [-0.3, -0.25) is 9.59 Å². The molecule has 0 amide bonds. The fourth-order valence-corrected chi connectivity index (χ4v) is 1.09. The molecule has 15 heavy (non-hydrogen) atoms. The van der Waals surface area contributed by atoms with Gasteiger partial charge >= 0.3 is 71.1 Å². The predicted molar refractivity (Wildman–Crippen MR) is 61.4 cm³/mol. The molecule has 0 aliphatic rings. The summed E-state index contributed by atoms with van der Waals surface area (Å²) in [6.07, 6.45) is 1.96. The van der Waals surface area contributed by atoms with E-state index < -0.39 is 23.8 Å². The monoisotopic (exact) mass is 235 g/mol. The Morgan fingerprint density at radius 3 is 1.93 bits per heavy atom. The number of hydrogen-bond acceptors (Lipinski definition) is 2. The molecule has 0 aromatic rings. The van der Waals surface area contributed by atoms with Crippen LogP contribution in [0.25, 0.3) is 0 Å². The molecule has 2 atom stereocenters. The number of unbranched alkanes of at least 4 members (excludes halogenated alkanes) is 1. The van der Waals surface area contributed by atoms with Gasteiger partial charge in [0.2, 0.25) is 0 Å². The predicted octanol–water partition coefficient (Wildman–Crippen LogP) is 0.115. The van der Waals surface area contributed by atoms with E-state index >= 15 is 0 Å². The van der Waals surface area contributed by atoms with Gasteiger partial charge in [0.25, 0.3) is 0 Å². The van der Waals surface area contributed by atoms with E-state index in [4.69, 9.17) is 10.2 Å². The fraction of sp³-hybridized carbons (Fsp3) is 0.667. The summed E-state index contributed by atoms with van der Waals surface area (Å²) >= 11 is 0. The molecule has 79 valence electrons. The van der Waals surface area contributed by atoms with Gasteiger partial charge in [-0.05, 0) is 13.3 Å². The van der Waals surface area contributed by atoms with Gasteiger partial charge in [0, 0.05) is 0 Å². The molecule has 1 radical (unpaired) electrons. The average Bonchev–Trinajstić information content (AvgIpc) is 2.04. The number of carbonyl (C=O) groups is 2. The van der Waals surface area contributed by atoms with E-state index in [1.165, 1.54) is 0 Å². The Bertz CT molecular complexity index is 197. The van der Waals surface area contributed by atoms with Crippen molar-refractivity contribution in [3.8, 4) is 0 Å². The molecule has 0 rings (SSSR count). The first kappa shape index (κ1) is 21.2. The van der Waals surface area contributed by atoms with Gasteiger partial charge in [-0.1, -0.05) is 19.8 Å². The topological polar surface area (TPSA) is 74.6 Å². The molecule has 0 bridgehead atoms. The molecule has 0 heterocycles. The molecule has 2 unspecified atom stereocenters. The Kier molecular flexibility index (Phi) is 16.2. The van der Waals surface area contributed by atoms with E-state index in [1.807, 2.05) is 6.92 Å². The number of rotatable bonds is 6. The number of carboxylic acids is 2. The zero-order valence-electron chi connectivity index (χ0n) is 7.69. The van der Waals surface area contributed by atoms with Gasteiger partial charge in [0.1, 0.15) is 0 Å². The molecule has 6 heteroatoms. The van der Waals surface area contributed by atoms with E-state index in [0.29, 0.717) is 6.42 Å². The summed E-state index contributed by atoms with van der Waals surface area (Å²) in [5, 5.41) is 17.3. The van der Waals surface area contributed by atoms with Crippen molar-refractivity contribution in [3.05, 3.63) is 6.92 Å². The zero-order chi connectivity index (χ0) is 10.4. The van der Waals surface area contributed by atoms with Crippen LogP contribution in [0.5, 0.6) is 0 Å². The minimum atomic E-state index is -1.15. The van der Waals surface area contributed by atoms with Crippen LogP contribution < -0.4 is 0 Å². The quantitative estimate of drug-likeness (QED) is 0.641. The maximum absolute atomic E-state index is 10.6. The Hall–Kier alpha value is 0.940. The molecule has 0 spiro atoms. The van der Waals surface area contributed by atoms with Crippen LogP contribution in [-0.4, -0.2) is 81.3 Å². The van der Waals surface area contributed by atoms with E-state index in [9.17, 15) is 9.59 Å². The van der Waals surface area contributed by atoms with Crippen molar-refractivity contribution in [2.75, 3.05) is 0 Å². The summed E-state index contributed by atoms with van der Waals surface area (Å²) < 4.78 is 0. The summed E-state index contributed by atoms with van der Waals surface area (Å²) in [6, 6.07) is 0. The minimum absolute atomic E-state index is 0. The van der Waals surface area contributed by atoms with Crippen LogP contribution in [-0.2, 0) is 9.59 Å². The first-order valence-electron chi connectivity index (χ1n) is 4.29. The van der Waals surface area contributed by atoms with Crippen LogP contribution in [0.2, 0.25) is 0 Å². The fourth-order valence-electron chi connectivity index (χ4n) is 1.09. The Morgan fingerprint density at radius 1 is 1.20 bits per heavy atom. The van der Waals surface area contributed by atoms with E-state index in [-0.39, 0.29) is 59.1 Å². The van der Waals surface area contributed by atoms with Crippen LogP contribution >= 0.6 is 0 Å². The van der Waals surface area contributed by atoms with Crippen molar-refractivity contribution in [2.45, 2.75) is 26.2 Å². The molecule has 0 aromatic heterocycles. The molecule has 4 nitrogen and oxygen atoms in total. The van der Waals surface area contributed by atoms with Crippen molar-refractivity contribution >= 4 is 71.1 Å². The molecule has 0 aliphatic heterocycles. The standard InChI is InChI=1S/C9H15O4.2Na.2H/c1-3-4-5-7(9(12)13)6(2)8(10)11;;;;/h6-7H,2-5H2,1H3,(H,10,11)(H,12,13);;;;. The zero-order valence-corrected chi connectivity index (χ0v) is 7.69. The number of hydrogen-bond donors (Lipinski definition) is 2. The third-order valence-electron chi connectivity index (χ3n) is 1.99. The molecular weight excluding hydrogens is 218 g/mol. The van der Waals surface area contributed by atoms with Gasteiger partial charge < -0.3 is 10.2 Å². The summed E-state index contributed by atoms with van der Waals surface area (Å²) in [6.45, 7) is 5.26. The second-order valence-electron chi connectivity index (χ2n) is 3.03. The molecule has 0 saturated carbocycles. The van der Waals surface area contributed by atoms with E-state index in [0.717, 1.165) is 12.8 Å². The molecule has 0 aliphatic carbocycles. The first-order chi connectivity index (χ1) is 6.00.